The fraction of sp³-hybridized carbons (Fsp3) is 0.0577. The van der Waals surface area contributed by atoms with Gasteiger partial charge in [0.25, 0.3) is 0 Å². The standard InChI is InChI=1S/C52H37N3O/c1-3-4-17-34(2)49-53-50(55-51(54-49)42-25-9-8-22-39(42)35-18-6-5-7-19-35)38-21-16-20-36(32-38)37-30-31-48-46(33-37)52(45-28-14-15-29-47(45)56-48)43-26-12-10-23-40(43)41-24-11-13-27-44(41)52/h3-33H,1-2H3/b4-3-,34-17+. The molecule has 0 atom stereocenters. The SMILES string of the molecule is C/C=C\C=C(/C)c1nc(-c2cccc(-c3ccc4c(c3)C3(c5ccccc5O4)c4ccccc4-c4ccccc43)c2)nc(-c2ccccc2-c2ccccc2)n1. The highest BCUT2D eigenvalue weighted by atomic mass is 16.5. The first-order valence-corrected chi connectivity index (χ1v) is 19.1. The van der Waals surface area contributed by atoms with Gasteiger partial charge in [0, 0.05) is 22.3 Å². The van der Waals surface area contributed by atoms with Gasteiger partial charge >= 0.3 is 0 Å². The zero-order chi connectivity index (χ0) is 37.6. The van der Waals surface area contributed by atoms with E-state index in [1.165, 1.54) is 22.3 Å². The topological polar surface area (TPSA) is 47.9 Å². The minimum absolute atomic E-state index is 0.536. The third kappa shape index (κ3) is 5.33. The van der Waals surface area contributed by atoms with E-state index in [2.05, 4.69) is 158 Å². The number of para-hydroxylation sites is 1. The van der Waals surface area contributed by atoms with Crippen LogP contribution in [0.5, 0.6) is 11.5 Å². The second kappa shape index (κ2) is 13.6. The molecule has 0 bridgehead atoms. The lowest BCUT2D eigenvalue weighted by Crippen LogP contribution is -2.32. The largest absolute Gasteiger partial charge is 0.457 e. The minimum atomic E-state index is -0.536. The van der Waals surface area contributed by atoms with Crippen LogP contribution in [-0.2, 0) is 5.41 Å². The zero-order valence-electron chi connectivity index (χ0n) is 31.1. The van der Waals surface area contributed by atoms with Gasteiger partial charge in [-0.15, -0.1) is 0 Å². The van der Waals surface area contributed by atoms with Crippen molar-refractivity contribution in [1.29, 1.82) is 0 Å². The molecule has 0 radical (unpaired) electrons. The summed E-state index contributed by atoms with van der Waals surface area (Å²) in [5.41, 5.74) is 14.0. The molecule has 1 spiro atoms. The van der Waals surface area contributed by atoms with Crippen LogP contribution >= 0.6 is 0 Å². The molecule has 0 unspecified atom stereocenters. The number of benzene rings is 7. The second-order valence-electron chi connectivity index (χ2n) is 14.3. The number of fused-ring (bicyclic) bond motifs is 9. The predicted molar refractivity (Wildman–Crippen MR) is 227 cm³/mol. The molecule has 0 saturated heterocycles. The van der Waals surface area contributed by atoms with Crippen LogP contribution in [0.25, 0.3) is 61.7 Å². The Bertz CT molecular complexity index is 2820. The molecule has 2 heterocycles. The van der Waals surface area contributed by atoms with E-state index >= 15 is 0 Å². The number of nitrogens with zero attached hydrogens (tertiary/aromatic N) is 3. The number of rotatable bonds is 6. The van der Waals surface area contributed by atoms with Crippen molar-refractivity contribution in [2.75, 3.05) is 0 Å². The van der Waals surface area contributed by atoms with Crippen LogP contribution in [0.3, 0.4) is 0 Å². The Morgan fingerprint density at radius 1 is 0.464 bits per heavy atom. The van der Waals surface area contributed by atoms with Gasteiger partial charge in [-0.2, -0.15) is 0 Å². The second-order valence-corrected chi connectivity index (χ2v) is 14.3. The van der Waals surface area contributed by atoms with Crippen molar-refractivity contribution < 1.29 is 4.74 Å². The van der Waals surface area contributed by atoms with Crippen LogP contribution < -0.4 is 4.74 Å². The minimum Gasteiger partial charge on any atom is -0.457 e. The highest BCUT2D eigenvalue weighted by molar-refractivity contribution is 5.89. The van der Waals surface area contributed by atoms with E-state index in [1.807, 2.05) is 44.2 Å². The van der Waals surface area contributed by atoms with E-state index in [4.69, 9.17) is 19.7 Å². The fourth-order valence-corrected chi connectivity index (χ4v) is 8.54. The van der Waals surface area contributed by atoms with Gasteiger partial charge in [0.15, 0.2) is 17.5 Å². The molecule has 10 rings (SSSR count). The number of hydrogen-bond acceptors (Lipinski definition) is 4. The molecule has 4 heteroatoms. The quantitative estimate of drug-likeness (QED) is 0.161. The van der Waals surface area contributed by atoms with Crippen molar-refractivity contribution in [3.63, 3.8) is 0 Å². The highest BCUT2D eigenvalue weighted by Gasteiger charge is 2.51. The first-order chi connectivity index (χ1) is 27.6. The molecular formula is C52H37N3O. The first kappa shape index (κ1) is 33.4. The average Bonchev–Trinajstić information content (AvgIpc) is 3.56. The summed E-state index contributed by atoms with van der Waals surface area (Å²) in [5, 5.41) is 0. The summed E-state index contributed by atoms with van der Waals surface area (Å²) in [7, 11) is 0. The monoisotopic (exact) mass is 719 g/mol. The average molecular weight is 720 g/mol. The molecule has 1 aliphatic heterocycles. The Morgan fingerprint density at radius 2 is 1.04 bits per heavy atom. The van der Waals surface area contributed by atoms with Gasteiger partial charge in [-0.25, -0.2) is 15.0 Å². The Labute approximate surface area is 327 Å². The van der Waals surface area contributed by atoms with Crippen LogP contribution in [0.4, 0.5) is 0 Å². The summed E-state index contributed by atoms with van der Waals surface area (Å²) in [6, 6.07) is 60.0. The van der Waals surface area contributed by atoms with Gasteiger partial charge in [0.1, 0.15) is 11.5 Å². The molecule has 2 aliphatic rings. The summed E-state index contributed by atoms with van der Waals surface area (Å²) in [6.07, 6.45) is 6.07. The molecule has 266 valence electrons. The lowest BCUT2D eigenvalue weighted by molar-refractivity contribution is 0.436. The van der Waals surface area contributed by atoms with Gasteiger partial charge in [0.2, 0.25) is 0 Å². The lowest BCUT2D eigenvalue weighted by atomic mass is 9.66. The van der Waals surface area contributed by atoms with Gasteiger partial charge in [-0.1, -0.05) is 164 Å². The van der Waals surface area contributed by atoms with E-state index in [-0.39, 0.29) is 0 Å². The highest BCUT2D eigenvalue weighted by Crippen LogP contribution is 2.62. The molecule has 1 aromatic heterocycles. The molecule has 0 fully saturated rings. The predicted octanol–water partition coefficient (Wildman–Crippen LogP) is 13.0. The zero-order valence-corrected chi connectivity index (χ0v) is 31.1. The van der Waals surface area contributed by atoms with E-state index < -0.39 is 5.41 Å². The van der Waals surface area contributed by atoms with Gasteiger partial charge in [0.05, 0.1) is 5.41 Å². The Balaban J connectivity index is 1.14. The molecule has 8 aromatic rings. The summed E-state index contributed by atoms with van der Waals surface area (Å²) in [6.45, 7) is 4.05. The van der Waals surface area contributed by atoms with Crippen molar-refractivity contribution in [1.82, 2.24) is 15.0 Å². The molecule has 0 saturated carbocycles. The van der Waals surface area contributed by atoms with E-state index in [9.17, 15) is 0 Å². The Kier molecular flexibility index (Phi) is 8.11. The Morgan fingerprint density at radius 3 is 1.79 bits per heavy atom. The van der Waals surface area contributed by atoms with Crippen molar-refractivity contribution in [2.24, 2.45) is 0 Å². The summed E-state index contributed by atoms with van der Waals surface area (Å²) < 4.78 is 6.70. The van der Waals surface area contributed by atoms with Crippen molar-refractivity contribution >= 4 is 5.57 Å². The van der Waals surface area contributed by atoms with Crippen LogP contribution in [-0.4, -0.2) is 15.0 Å². The molecule has 0 amide bonds. The van der Waals surface area contributed by atoms with Gasteiger partial charge in [-0.05, 0) is 88.2 Å². The molecule has 56 heavy (non-hydrogen) atoms. The number of aromatic nitrogens is 3. The summed E-state index contributed by atoms with van der Waals surface area (Å²) in [5.74, 6) is 3.64. The summed E-state index contributed by atoms with van der Waals surface area (Å²) >= 11 is 0. The third-order valence-corrected chi connectivity index (χ3v) is 11.1. The maximum absolute atomic E-state index is 6.70. The van der Waals surface area contributed by atoms with E-state index in [1.54, 1.807) is 0 Å². The number of allylic oxidation sites excluding steroid dienone is 4. The van der Waals surface area contributed by atoms with Crippen LogP contribution in [0.1, 0.15) is 41.9 Å². The normalized spacial score (nSPS) is 13.5. The van der Waals surface area contributed by atoms with Crippen LogP contribution in [0.2, 0.25) is 0 Å². The van der Waals surface area contributed by atoms with Crippen molar-refractivity contribution in [2.45, 2.75) is 19.3 Å². The Hall–Kier alpha value is -7.17. The van der Waals surface area contributed by atoms with Gasteiger partial charge in [-0.3, -0.25) is 0 Å². The lowest BCUT2D eigenvalue weighted by Gasteiger charge is -2.39. The first-order valence-electron chi connectivity index (χ1n) is 19.1. The number of hydrogen-bond donors (Lipinski definition) is 0. The molecule has 4 nitrogen and oxygen atoms in total. The maximum atomic E-state index is 6.70. The molecule has 0 N–H and O–H groups in total. The van der Waals surface area contributed by atoms with Crippen LogP contribution in [0, 0.1) is 0 Å². The van der Waals surface area contributed by atoms with Crippen LogP contribution in [0.15, 0.2) is 188 Å². The van der Waals surface area contributed by atoms with E-state index in [0.29, 0.717) is 17.5 Å². The van der Waals surface area contributed by atoms with E-state index in [0.717, 1.165) is 61.6 Å². The third-order valence-electron chi connectivity index (χ3n) is 11.1. The molecular weight excluding hydrogens is 683 g/mol. The molecule has 1 aliphatic carbocycles. The number of ether oxygens (including phenoxy) is 1. The maximum Gasteiger partial charge on any atom is 0.164 e. The smallest absolute Gasteiger partial charge is 0.164 e. The van der Waals surface area contributed by atoms with Crippen molar-refractivity contribution in [3.05, 3.63) is 216 Å². The molecule has 7 aromatic carbocycles. The fourth-order valence-electron chi connectivity index (χ4n) is 8.54. The van der Waals surface area contributed by atoms with Gasteiger partial charge < -0.3 is 4.74 Å². The summed E-state index contributed by atoms with van der Waals surface area (Å²) in [4.78, 5) is 15.3. The van der Waals surface area contributed by atoms with Crippen molar-refractivity contribution in [3.8, 4) is 67.7 Å².